The highest BCUT2D eigenvalue weighted by Gasteiger charge is 2.35. The van der Waals surface area contributed by atoms with Gasteiger partial charge < -0.3 is 10.0 Å². The first-order valence-electron chi connectivity index (χ1n) is 6.78. The molecule has 0 saturated heterocycles. The summed E-state index contributed by atoms with van der Waals surface area (Å²) < 4.78 is 13.0. The molecule has 0 aliphatic carbocycles. The number of carbonyl (C=O) groups excluding carboxylic acids is 1. The molecule has 3 rings (SSSR count). The Morgan fingerprint density at radius 2 is 1.95 bits per heavy atom. The summed E-state index contributed by atoms with van der Waals surface area (Å²) in [5, 5.41) is 9.39. The monoisotopic (exact) mass is 300 g/mol. The third-order valence-electron chi connectivity index (χ3n) is 3.73. The van der Waals surface area contributed by atoms with Gasteiger partial charge in [0.1, 0.15) is 11.9 Å². The molecule has 1 aromatic heterocycles. The molecule has 1 aromatic carbocycles. The van der Waals surface area contributed by atoms with E-state index in [1.807, 2.05) is 6.07 Å². The molecule has 0 saturated carbocycles. The first-order valence-corrected chi connectivity index (χ1v) is 6.78. The van der Waals surface area contributed by atoms with Gasteiger partial charge in [-0.2, -0.15) is 0 Å². The van der Waals surface area contributed by atoms with E-state index >= 15 is 0 Å². The Morgan fingerprint density at radius 1 is 1.23 bits per heavy atom. The van der Waals surface area contributed by atoms with Crippen molar-refractivity contribution in [3.8, 4) is 0 Å². The van der Waals surface area contributed by atoms with E-state index in [-0.39, 0.29) is 18.5 Å². The molecule has 0 radical (unpaired) electrons. The first kappa shape index (κ1) is 14.2. The van der Waals surface area contributed by atoms with Crippen molar-refractivity contribution >= 4 is 11.9 Å². The predicted molar refractivity (Wildman–Crippen MR) is 75.6 cm³/mol. The van der Waals surface area contributed by atoms with Gasteiger partial charge in [0, 0.05) is 30.4 Å². The van der Waals surface area contributed by atoms with E-state index < -0.39 is 23.7 Å². The molecule has 22 heavy (non-hydrogen) atoms. The fourth-order valence-electron chi connectivity index (χ4n) is 2.58. The van der Waals surface area contributed by atoms with Gasteiger partial charge in [0.2, 0.25) is 0 Å². The van der Waals surface area contributed by atoms with E-state index in [1.165, 1.54) is 29.2 Å². The lowest BCUT2D eigenvalue weighted by molar-refractivity contribution is -0.142. The van der Waals surface area contributed by atoms with Gasteiger partial charge in [-0.05, 0) is 35.9 Å². The van der Waals surface area contributed by atoms with Crippen molar-refractivity contribution in [1.82, 2.24) is 9.88 Å². The van der Waals surface area contributed by atoms with Crippen molar-refractivity contribution < 1.29 is 19.1 Å². The number of aliphatic carboxylic acids is 1. The van der Waals surface area contributed by atoms with E-state index in [0.717, 1.165) is 5.56 Å². The predicted octanol–water partition coefficient (Wildman–Crippen LogP) is 1.87. The van der Waals surface area contributed by atoms with E-state index in [4.69, 9.17) is 0 Å². The molecular formula is C16H13FN2O3. The highest BCUT2D eigenvalue weighted by molar-refractivity contribution is 5.96. The van der Waals surface area contributed by atoms with Crippen LogP contribution < -0.4 is 0 Å². The molecule has 1 N–H and O–H groups in total. The van der Waals surface area contributed by atoms with Crippen LogP contribution in [-0.4, -0.2) is 32.9 Å². The largest absolute Gasteiger partial charge is 0.480 e. The average Bonchev–Trinajstić information content (AvgIpc) is 2.53. The Balaban J connectivity index is 1.95. The third-order valence-corrected chi connectivity index (χ3v) is 3.73. The molecular weight excluding hydrogens is 287 g/mol. The number of carboxylic acid groups (broad SMARTS) is 1. The maximum absolute atomic E-state index is 13.0. The van der Waals surface area contributed by atoms with Crippen LogP contribution in [0.15, 0.2) is 42.6 Å². The number of halogens is 1. The van der Waals surface area contributed by atoms with Gasteiger partial charge in [0.05, 0.1) is 0 Å². The van der Waals surface area contributed by atoms with Crippen LogP contribution in [0.3, 0.4) is 0 Å². The normalized spacial score (nSPS) is 17.0. The quantitative estimate of drug-likeness (QED) is 0.919. The van der Waals surface area contributed by atoms with Gasteiger partial charge in [-0.3, -0.25) is 9.78 Å². The fourth-order valence-corrected chi connectivity index (χ4v) is 2.58. The number of benzene rings is 1. The number of hydrogen-bond acceptors (Lipinski definition) is 3. The van der Waals surface area contributed by atoms with E-state index in [9.17, 15) is 19.1 Å². The van der Waals surface area contributed by atoms with Crippen molar-refractivity contribution in [2.24, 2.45) is 0 Å². The summed E-state index contributed by atoms with van der Waals surface area (Å²) in [4.78, 5) is 29.5. The smallest absolute Gasteiger partial charge is 0.326 e. The number of carbonyl (C=O) groups is 2. The maximum Gasteiger partial charge on any atom is 0.326 e. The third kappa shape index (κ3) is 2.55. The minimum Gasteiger partial charge on any atom is -0.480 e. The number of nitrogens with zero attached hydrogens (tertiary/aromatic N) is 2. The molecule has 1 amide bonds. The van der Waals surface area contributed by atoms with Crippen molar-refractivity contribution in [3.63, 3.8) is 0 Å². The van der Waals surface area contributed by atoms with Crippen LogP contribution in [-0.2, 0) is 17.8 Å². The molecule has 1 aliphatic rings. The Hall–Kier alpha value is -2.76. The van der Waals surface area contributed by atoms with Crippen molar-refractivity contribution in [2.45, 2.75) is 19.0 Å². The SMILES string of the molecule is O=C(O)C1Cc2ncccc2CN1C(=O)c1ccc(F)cc1. The molecule has 0 bridgehead atoms. The Bertz CT molecular complexity index is 730. The summed E-state index contributed by atoms with van der Waals surface area (Å²) in [5.41, 5.74) is 1.79. The number of pyridine rings is 1. The molecule has 1 aliphatic heterocycles. The second-order valence-corrected chi connectivity index (χ2v) is 5.11. The van der Waals surface area contributed by atoms with E-state index in [0.29, 0.717) is 5.69 Å². The van der Waals surface area contributed by atoms with Crippen LogP contribution in [0.5, 0.6) is 0 Å². The van der Waals surface area contributed by atoms with Gasteiger partial charge in [-0.15, -0.1) is 0 Å². The number of fused-ring (bicyclic) bond motifs is 1. The van der Waals surface area contributed by atoms with E-state index in [1.54, 1.807) is 12.3 Å². The molecule has 0 fully saturated rings. The second-order valence-electron chi connectivity index (χ2n) is 5.11. The number of carboxylic acids is 1. The van der Waals surface area contributed by atoms with Crippen LogP contribution in [0.4, 0.5) is 4.39 Å². The summed E-state index contributed by atoms with van der Waals surface area (Å²) in [6.45, 7) is 0.177. The van der Waals surface area contributed by atoms with Crippen molar-refractivity contribution in [1.29, 1.82) is 0 Å². The van der Waals surface area contributed by atoms with Crippen molar-refractivity contribution in [2.75, 3.05) is 0 Å². The van der Waals surface area contributed by atoms with Crippen LogP contribution in [0, 0.1) is 5.82 Å². The summed E-state index contributed by atoms with van der Waals surface area (Å²) in [6, 6.07) is 7.68. The fraction of sp³-hybridized carbons (Fsp3) is 0.188. The zero-order valence-electron chi connectivity index (χ0n) is 11.6. The summed E-state index contributed by atoms with van der Waals surface area (Å²) in [7, 11) is 0. The lowest BCUT2D eigenvalue weighted by atomic mass is 9.97. The number of hydrogen-bond donors (Lipinski definition) is 1. The van der Waals surface area contributed by atoms with Crippen LogP contribution >= 0.6 is 0 Å². The number of amides is 1. The number of aromatic nitrogens is 1. The van der Waals surface area contributed by atoms with Gasteiger partial charge in [0.25, 0.3) is 5.91 Å². The lowest BCUT2D eigenvalue weighted by Crippen LogP contribution is -2.48. The Labute approximate surface area is 126 Å². The molecule has 0 spiro atoms. The second kappa shape index (κ2) is 5.55. The van der Waals surface area contributed by atoms with Gasteiger partial charge >= 0.3 is 5.97 Å². The molecule has 112 valence electrons. The Kier molecular flexibility index (Phi) is 3.58. The minimum absolute atomic E-state index is 0.165. The summed E-state index contributed by atoms with van der Waals surface area (Å²) in [5.74, 6) is -1.95. The minimum atomic E-state index is -1.08. The van der Waals surface area contributed by atoms with Crippen LogP contribution in [0.25, 0.3) is 0 Å². The standard InChI is InChI=1S/C16H13FN2O3/c17-12-5-3-10(4-6-12)15(20)19-9-11-2-1-7-18-13(11)8-14(19)16(21)22/h1-7,14H,8-9H2,(H,21,22). The zero-order valence-corrected chi connectivity index (χ0v) is 11.6. The number of rotatable bonds is 2. The van der Waals surface area contributed by atoms with Gasteiger partial charge in [0.15, 0.2) is 0 Å². The molecule has 5 nitrogen and oxygen atoms in total. The Morgan fingerprint density at radius 3 is 2.64 bits per heavy atom. The van der Waals surface area contributed by atoms with Crippen LogP contribution in [0.1, 0.15) is 21.6 Å². The lowest BCUT2D eigenvalue weighted by Gasteiger charge is -2.33. The average molecular weight is 300 g/mol. The highest BCUT2D eigenvalue weighted by atomic mass is 19.1. The molecule has 2 aromatic rings. The topological polar surface area (TPSA) is 70.5 Å². The zero-order chi connectivity index (χ0) is 15.7. The molecule has 1 unspecified atom stereocenters. The molecule has 1 atom stereocenters. The van der Waals surface area contributed by atoms with E-state index in [2.05, 4.69) is 4.98 Å². The first-order chi connectivity index (χ1) is 10.6. The van der Waals surface area contributed by atoms with Gasteiger partial charge in [-0.1, -0.05) is 6.07 Å². The van der Waals surface area contributed by atoms with Crippen molar-refractivity contribution in [3.05, 3.63) is 65.2 Å². The van der Waals surface area contributed by atoms with Gasteiger partial charge in [-0.25, -0.2) is 9.18 Å². The van der Waals surface area contributed by atoms with Crippen LogP contribution in [0.2, 0.25) is 0 Å². The summed E-state index contributed by atoms with van der Waals surface area (Å²) >= 11 is 0. The highest BCUT2D eigenvalue weighted by Crippen LogP contribution is 2.23. The maximum atomic E-state index is 13.0. The summed E-state index contributed by atoms with van der Waals surface area (Å²) in [6.07, 6.45) is 1.77. The molecule has 2 heterocycles. The molecule has 6 heteroatoms.